The molecule has 7 heteroatoms. The number of nitrogens with zero attached hydrogens (tertiary/aromatic N) is 1. The Balaban J connectivity index is 1.39. The second-order valence-electron chi connectivity index (χ2n) is 7.99. The lowest BCUT2D eigenvalue weighted by atomic mass is 10.0. The maximum absolute atomic E-state index is 12.6. The highest BCUT2D eigenvalue weighted by molar-refractivity contribution is 6.04. The average molecular weight is 401 g/mol. The number of halogens is 3. The number of carbonyl (C=O) groups is 1. The summed E-state index contributed by atoms with van der Waals surface area (Å²) in [7, 11) is 0. The van der Waals surface area contributed by atoms with Crippen LogP contribution in [0.2, 0.25) is 0 Å². The first kappa shape index (κ1) is 19.5. The quantitative estimate of drug-likeness (QED) is 0.573. The van der Waals surface area contributed by atoms with Crippen molar-refractivity contribution in [3.05, 3.63) is 59.5 Å². The fourth-order valence-corrected chi connectivity index (χ4v) is 3.33. The number of benzene rings is 1. The van der Waals surface area contributed by atoms with Crippen LogP contribution in [0.3, 0.4) is 0 Å². The van der Waals surface area contributed by atoms with Crippen molar-refractivity contribution in [2.45, 2.75) is 45.2 Å². The van der Waals surface area contributed by atoms with E-state index in [-0.39, 0.29) is 11.3 Å². The van der Waals surface area contributed by atoms with E-state index >= 15 is 0 Å². The molecule has 1 amide bonds. The van der Waals surface area contributed by atoms with E-state index in [1.54, 1.807) is 0 Å². The second kappa shape index (κ2) is 7.21. The molecule has 4 nitrogen and oxygen atoms in total. The third kappa shape index (κ3) is 4.28. The van der Waals surface area contributed by atoms with Gasteiger partial charge in [0.05, 0.1) is 11.3 Å². The van der Waals surface area contributed by atoms with Gasteiger partial charge in [0.1, 0.15) is 0 Å². The Kier molecular flexibility index (Phi) is 4.84. The average Bonchev–Trinajstić information content (AvgIpc) is 3.32. The highest BCUT2D eigenvalue weighted by Crippen LogP contribution is 2.46. The van der Waals surface area contributed by atoms with Crippen LogP contribution in [0.5, 0.6) is 0 Å². The monoisotopic (exact) mass is 401 g/mol. The van der Waals surface area contributed by atoms with Gasteiger partial charge in [0.15, 0.2) is 0 Å². The Bertz CT molecular complexity index is 1030. The zero-order chi connectivity index (χ0) is 20.6. The molecule has 1 aromatic carbocycles. The predicted molar refractivity (Wildman–Crippen MR) is 106 cm³/mol. The number of nitrogens with one attached hydrogen (secondary N) is 2. The van der Waals surface area contributed by atoms with E-state index in [4.69, 9.17) is 0 Å². The largest absolute Gasteiger partial charge is 0.417 e. The number of fused-ring (bicyclic) bond motifs is 1. The summed E-state index contributed by atoms with van der Waals surface area (Å²) in [5.74, 6) is 0.0529. The zero-order valence-electron chi connectivity index (χ0n) is 16.1. The minimum Gasteiger partial charge on any atom is -0.359 e. The molecular weight excluding hydrogens is 379 g/mol. The molecule has 152 valence electrons. The third-order valence-electron chi connectivity index (χ3n) is 5.59. The molecule has 1 aliphatic carbocycles. The van der Waals surface area contributed by atoms with Crippen LogP contribution in [-0.4, -0.2) is 15.9 Å². The Morgan fingerprint density at radius 3 is 2.66 bits per heavy atom. The number of aromatic nitrogens is 2. The van der Waals surface area contributed by atoms with Gasteiger partial charge in [-0.3, -0.25) is 9.78 Å². The van der Waals surface area contributed by atoms with Crippen molar-refractivity contribution >= 4 is 22.5 Å². The lowest BCUT2D eigenvalue weighted by Gasteiger charge is -2.09. The zero-order valence-corrected chi connectivity index (χ0v) is 16.1. The summed E-state index contributed by atoms with van der Waals surface area (Å²) < 4.78 is 37.8. The summed E-state index contributed by atoms with van der Waals surface area (Å²) in [6, 6.07) is 8.56. The number of aromatic amines is 1. The molecule has 0 spiro atoms. The van der Waals surface area contributed by atoms with Crippen molar-refractivity contribution in [1.82, 2.24) is 9.97 Å². The summed E-state index contributed by atoms with van der Waals surface area (Å²) in [5, 5.41) is 3.99. The molecule has 0 bridgehead atoms. The van der Waals surface area contributed by atoms with E-state index in [9.17, 15) is 18.0 Å². The van der Waals surface area contributed by atoms with Gasteiger partial charge in [-0.25, -0.2) is 0 Å². The second-order valence-corrected chi connectivity index (χ2v) is 7.99. The maximum atomic E-state index is 12.6. The predicted octanol–water partition coefficient (Wildman–Crippen LogP) is 5.50. The van der Waals surface area contributed by atoms with Crippen LogP contribution in [0.4, 0.5) is 18.9 Å². The third-order valence-corrected chi connectivity index (χ3v) is 5.59. The first-order valence-electron chi connectivity index (χ1n) is 9.68. The van der Waals surface area contributed by atoms with Crippen LogP contribution >= 0.6 is 0 Å². The fourth-order valence-electron chi connectivity index (χ4n) is 3.33. The highest BCUT2D eigenvalue weighted by atomic mass is 19.4. The van der Waals surface area contributed by atoms with Gasteiger partial charge in [0.2, 0.25) is 5.91 Å². The summed E-state index contributed by atoms with van der Waals surface area (Å²) in [6.07, 6.45) is 2.32. The molecule has 0 saturated heterocycles. The molecule has 3 aromatic rings. The van der Waals surface area contributed by atoms with Gasteiger partial charge < -0.3 is 10.3 Å². The number of amides is 1. The topological polar surface area (TPSA) is 57.8 Å². The molecule has 4 rings (SSSR count). The van der Waals surface area contributed by atoms with E-state index in [0.29, 0.717) is 12.1 Å². The SMILES string of the molecule is CC1(C(=O)Nc2c[nH]c3ccc(CCCc4ccc(C(F)(F)F)cn4)cc23)CC1. The summed E-state index contributed by atoms with van der Waals surface area (Å²) >= 11 is 0. The number of anilines is 1. The highest BCUT2D eigenvalue weighted by Gasteiger charge is 2.45. The van der Waals surface area contributed by atoms with Crippen LogP contribution in [0.1, 0.15) is 43.0 Å². The number of hydrogen-bond acceptors (Lipinski definition) is 2. The van der Waals surface area contributed by atoms with Gasteiger partial charge in [-0.05, 0) is 61.9 Å². The van der Waals surface area contributed by atoms with Crippen LogP contribution in [0, 0.1) is 5.41 Å². The number of pyridine rings is 1. The first-order chi connectivity index (χ1) is 13.7. The Labute approximate surface area is 166 Å². The Morgan fingerprint density at radius 1 is 1.21 bits per heavy atom. The minimum absolute atomic E-state index is 0.0529. The summed E-state index contributed by atoms with van der Waals surface area (Å²) in [5.41, 5.74) is 2.52. The van der Waals surface area contributed by atoms with Crippen molar-refractivity contribution in [3.63, 3.8) is 0 Å². The van der Waals surface area contributed by atoms with Gasteiger partial charge in [-0.15, -0.1) is 0 Å². The number of carbonyl (C=O) groups excluding carboxylic acids is 1. The molecule has 1 saturated carbocycles. The molecule has 0 unspecified atom stereocenters. The van der Waals surface area contributed by atoms with Crippen LogP contribution in [-0.2, 0) is 23.8 Å². The molecule has 1 aliphatic rings. The number of rotatable bonds is 6. The molecule has 0 atom stereocenters. The van der Waals surface area contributed by atoms with Crippen molar-refractivity contribution in [2.24, 2.45) is 5.41 Å². The Morgan fingerprint density at radius 2 is 2.00 bits per heavy atom. The molecule has 29 heavy (non-hydrogen) atoms. The number of H-pyrrole nitrogens is 1. The van der Waals surface area contributed by atoms with E-state index < -0.39 is 11.7 Å². The lowest BCUT2D eigenvalue weighted by Crippen LogP contribution is -2.21. The summed E-state index contributed by atoms with van der Waals surface area (Å²) in [6.45, 7) is 1.97. The number of aryl methyl sites for hydroxylation is 2. The molecule has 0 radical (unpaired) electrons. The lowest BCUT2D eigenvalue weighted by molar-refractivity contribution is -0.137. The van der Waals surface area contributed by atoms with Gasteiger partial charge >= 0.3 is 6.18 Å². The smallest absolute Gasteiger partial charge is 0.359 e. The molecule has 0 aliphatic heterocycles. The van der Waals surface area contributed by atoms with E-state index in [0.717, 1.165) is 60.1 Å². The van der Waals surface area contributed by atoms with E-state index in [2.05, 4.69) is 21.4 Å². The van der Waals surface area contributed by atoms with Gasteiger partial charge in [0.25, 0.3) is 0 Å². The standard InChI is InChI=1S/C22H22F3N3O/c1-21(9-10-21)20(29)28-19-13-27-18-8-5-14(11-17(18)19)3-2-4-16-7-6-15(12-26-16)22(23,24)25/h5-8,11-13,27H,2-4,9-10H2,1H3,(H,28,29). The maximum Gasteiger partial charge on any atom is 0.417 e. The van der Waals surface area contributed by atoms with Crippen molar-refractivity contribution in [2.75, 3.05) is 5.32 Å². The molecule has 1 fully saturated rings. The van der Waals surface area contributed by atoms with E-state index in [1.807, 2.05) is 25.3 Å². The normalized spacial score (nSPS) is 15.4. The van der Waals surface area contributed by atoms with Crippen LogP contribution < -0.4 is 5.32 Å². The molecule has 2 heterocycles. The molecule has 2 N–H and O–H groups in total. The van der Waals surface area contributed by atoms with Gasteiger partial charge in [-0.1, -0.05) is 13.0 Å². The summed E-state index contributed by atoms with van der Waals surface area (Å²) in [4.78, 5) is 19.4. The first-order valence-corrected chi connectivity index (χ1v) is 9.68. The number of hydrogen-bond donors (Lipinski definition) is 2. The minimum atomic E-state index is -4.36. The Hall–Kier alpha value is -2.83. The van der Waals surface area contributed by atoms with Gasteiger partial charge in [-0.2, -0.15) is 13.2 Å². The van der Waals surface area contributed by atoms with Crippen molar-refractivity contribution < 1.29 is 18.0 Å². The fraction of sp³-hybridized carbons (Fsp3) is 0.364. The van der Waals surface area contributed by atoms with E-state index in [1.165, 1.54) is 6.07 Å². The van der Waals surface area contributed by atoms with Crippen molar-refractivity contribution in [3.8, 4) is 0 Å². The van der Waals surface area contributed by atoms with Crippen molar-refractivity contribution in [1.29, 1.82) is 0 Å². The van der Waals surface area contributed by atoms with Gasteiger partial charge in [0, 0.05) is 34.4 Å². The van der Waals surface area contributed by atoms with Crippen LogP contribution in [0.15, 0.2) is 42.7 Å². The molecular formula is C22H22F3N3O. The number of alkyl halides is 3. The van der Waals surface area contributed by atoms with Crippen LogP contribution in [0.25, 0.3) is 10.9 Å². The molecule has 2 aromatic heterocycles.